The number of benzene rings is 1. The van der Waals surface area contributed by atoms with Crippen molar-refractivity contribution in [1.82, 2.24) is 5.32 Å². The molecule has 6 heteroatoms. The number of aliphatic imine (C=N–C) groups is 1. The third-order valence-electron chi connectivity index (χ3n) is 2.85. The Balaban J connectivity index is 2.60. The van der Waals surface area contributed by atoms with E-state index in [-0.39, 0.29) is 0 Å². The van der Waals surface area contributed by atoms with Crippen molar-refractivity contribution in [2.24, 2.45) is 10.7 Å². The highest BCUT2D eigenvalue weighted by atomic mass is 32.2. The first kappa shape index (κ1) is 16.5. The molecule has 112 valence electrons. The molecule has 0 aliphatic rings. The Kier molecular flexibility index (Phi) is 7.08. The zero-order valence-corrected chi connectivity index (χ0v) is 13.3. The van der Waals surface area contributed by atoms with Crippen LogP contribution in [0.25, 0.3) is 0 Å². The van der Waals surface area contributed by atoms with Crippen molar-refractivity contribution in [3.8, 4) is 11.5 Å². The minimum atomic E-state index is 0.459. The highest BCUT2D eigenvalue weighted by molar-refractivity contribution is 7.99. The van der Waals surface area contributed by atoms with E-state index in [0.717, 1.165) is 12.1 Å². The van der Waals surface area contributed by atoms with Crippen molar-refractivity contribution in [3.63, 3.8) is 0 Å². The lowest BCUT2D eigenvalue weighted by Gasteiger charge is -2.11. The first-order valence-electron chi connectivity index (χ1n) is 6.38. The molecule has 0 aromatic heterocycles. The van der Waals surface area contributed by atoms with Crippen LogP contribution in [0.3, 0.4) is 0 Å². The lowest BCUT2D eigenvalue weighted by atomic mass is 10.2. The van der Waals surface area contributed by atoms with Gasteiger partial charge in [-0.25, -0.2) is 4.99 Å². The Bertz CT molecular complexity index is 452. The maximum absolute atomic E-state index is 5.82. The van der Waals surface area contributed by atoms with Gasteiger partial charge in [0, 0.05) is 11.8 Å². The molecule has 0 heterocycles. The molecule has 1 atom stereocenters. The van der Waals surface area contributed by atoms with Gasteiger partial charge in [0.1, 0.15) is 0 Å². The van der Waals surface area contributed by atoms with E-state index in [2.05, 4.69) is 23.5 Å². The zero-order valence-electron chi connectivity index (χ0n) is 12.5. The number of rotatable bonds is 7. The van der Waals surface area contributed by atoms with Crippen LogP contribution in [0.4, 0.5) is 0 Å². The monoisotopic (exact) mass is 297 g/mol. The summed E-state index contributed by atoms with van der Waals surface area (Å²) in [4.78, 5) is 4.31. The predicted octanol–water partition coefficient (Wildman–Crippen LogP) is 1.86. The third kappa shape index (κ3) is 5.21. The third-order valence-corrected chi connectivity index (χ3v) is 3.82. The number of guanidine groups is 1. The van der Waals surface area contributed by atoms with E-state index < -0.39 is 0 Å². The molecule has 1 unspecified atom stereocenters. The van der Waals surface area contributed by atoms with Gasteiger partial charge in [0.05, 0.1) is 20.8 Å². The molecule has 0 saturated heterocycles. The number of nitrogens with two attached hydrogens (primary N) is 1. The Morgan fingerprint density at radius 1 is 1.35 bits per heavy atom. The SMILES string of the molecule is COc1ccc(CN=C(N)NCC(C)SC)cc1OC. The molecule has 0 radical (unpaired) electrons. The Morgan fingerprint density at radius 3 is 2.65 bits per heavy atom. The summed E-state index contributed by atoms with van der Waals surface area (Å²) in [6.07, 6.45) is 2.07. The largest absolute Gasteiger partial charge is 0.493 e. The Hall–Kier alpha value is -1.56. The molecule has 1 aromatic carbocycles. The van der Waals surface area contributed by atoms with E-state index in [1.165, 1.54) is 0 Å². The topological polar surface area (TPSA) is 68.9 Å². The number of ether oxygens (including phenoxy) is 2. The zero-order chi connectivity index (χ0) is 15.0. The normalized spacial score (nSPS) is 12.9. The molecule has 0 bridgehead atoms. The van der Waals surface area contributed by atoms with Crippen LogP contribution in [0.5, 0.6) is 11.5 Å². The van der Waals surface area contributed by atoms with E-state index in [9.17, 15) is 0 Å². The molecule has 1 aromatic rings. The van der Waals surface area contributed by atoms with Crippen molar-refractivity contribution in [2.75, 3.05) is 27.0 Å². The highest BCUT2D eigenvalue weighted by Gasteiger charge is 2.04. The van der Waals surface area contributed by atoms with Crippen LogP contribution in [0.1, 0.15) is 12.5 Å². The van der Waals surface area contributed by atoms with E-state index in [1.54, 1.807) is 26.0 Å². The number of methoxy groups -OCH3 is 2. The first-order valence-corrected chi connectivity index (χ1v) is 7.67. The lowest BCUT2D eigenvalue weighted by molar-refractivity contribution is 0.354. The van der Waals surface area contributed by atoms with Gasteiger partial charge in [-0.05, 0) is 24.0 Å². The minimum absolute atomic E-state index is 0.459. The number of hydrogen-bond donors (Lipinski definition) is 2. The highest BCUT2D eigenvalue weighted by Crippen LogP contribution is 2.27. The van der Waals surface area contributed by atoms with E-state index in [1.807, 2.05) is 18.2 Å². The molecule has 0 spiro atoms. The lowest BCUT2D eigenvalue weighted by Crippen LogP contribution is -2.35. The van der Waals surface area contributed by atoms with Crippen LogP contribution in [0.15, 0.2) is 23.2 Å². The summed E-state index contributed by atoms with van der Waals surface area (Å²) in [7, 11) is 3.23. The van der Waals surface area contributed by atoms with Gasteiger partial charge in [-0.2, -0.15) is 11.8 Å². The summed E-state index contributed by atoms with van der Waals surface area (Å²) in [5.41, 5.74) is 6.84. The summed E-state index contributed by atoms with van der Waals surface area (Å²) in [6, 6.07) is 5.71. The van der Waals surface area contributed by atoms with Crippen molar-refractivity contribution in [2.45, 2.75) is 18.7 Å². The molecular formula is C14H23N3O2S. The molecule has 0 fully saturated rings. The van der Waals surface area contributed by atoms with Gasteiger partial charge in [0.2, 0.25) is 0 Å². The Morgan fingerprint density at radius 2 is 2.05 bits per heavy atom. The molecule has 20 heavy (non-hydrogen) atoms. The average Bonchev–Trinajstić information content (AvgIpc) is 2.49. The standard InChI is InChI=1S/C14H23N3O2S/c1-10(20-4)8-16-14(15)17-9-11-5-6-12(18-2)13(7-11)19-3/h5-7,10H,8-9H2,1-4H3,(H3,15,16,17). The molecule has 0 amide bonds. The van der Waals surface area contributed by atoms with Crippen LogP contribution in [-0.4, -0.2) is 38.2 Å². The van der Waals surface area contributed by atoms with Gasteiger partial charge in [-0.3, -0.25) is 0 Å². The fraction of sp³-hybridized carbons (Fsp3) is 0.500. The number of nitrogens with one attached hydrogen (secondary N) is 1. The van der Waals surface area contributed by atoms with Crippen molar-refractivity contribution in [1.29, 1.82) is 0 Å². The number of thioether (sulfide) groups is 1. The van der Waals surface area contributed by atoms with E-state index in [0.29, 0.717) is 29.3 Å². The van der Waals surface area contributed by atoms with Crippen LogP contribution in [0, 0.1) is 0 Å². The van der Waals surface area contributed by atoms with Gasteiger partial charge in [0.15, 0.2) is 17.5 Å². The minimum Gasteiger partial charge on any atom is -0.493 e. The summed E-state index contributed by atoms with van der Waals surface area (Å²) < 4.78 is 10.4. The molecule has 3 N–H and O–H groups in total. The summed E-state index contributed by atoms with van der Waals surface area (Å²) in [6.45, 7) is 3.45. The van der Waals surface area contributed by atoms with Gasteiger partial charge in [-0.1, -0.05) is 13.0 Å². The van der Waals surface area contributed by atoms with Crippen LogP contribution >= 0.6 is 11.8 Å². The second-order valence-electron chi connectivity index (χ2n) is 4.32. The van der Waals surface area contributed by atoms with Crippen molar-refractivity contribution in [3.05, 3.63) is 23.8 Å². The van der Waals surface area contributed by atoms with E-state index in [4.69, 9.17) is 15.2 Å². The van der Waals surface area contributed by atoms with Gasteiger partial charge in [0.25, 0.3) is 0 Å². The summed E-state index contributed by atoms with van der Waals surface area (Å²) in [5, 5.41) is 3.61. The quantitative estimate of drug-likeness (QED) is 0.594. The van der Waals surface area contributed by atoms with Crippen LogP contribution in [0.2, 0.25) is 0 Å². The summed E-state index contributed by atoms with van der Waals surface area (Å²) >= 11 is 1.79. The fourth-order valence-electron chi connectivity index (χ4n) is 1.54. The maximum Gasteiger partial charge on any atom is 0.188 e. The van der Waals surface area contributed by atoms with Gasteiger partial charge in [-0.15, -0.1) is 0 Å². The van der Waals surface area contributed by atoms with E-state index >= 15 is 0 Å². The number of hydrogen-bond acceptors (Lipinski definition) is 4. The second kappa shape index (κ2) is 8.58. The second-order valence-corrected chi connectivity index (χ2v) is 5.59. The van der Waals surface area contributed by atoms with Gasteiger partial charge >= 0.3 is 0 Å². The van der Waals surface area contributed by atoms with Crippen molar-refractivity contribution < 1.29 is 9.47 Å². The average molecular weight is 297 g/mol. The fourth-order valence-corrected chi connectivity index (χ4v) is 1.79. The molecule has 0 aliphatic carbocycles. The molecule has 1 rings (SSSR count). The van der Waals surface area contributed by atoms with Crippen LogP contribution in [-0.2, 0) is 6.54 Å². The molecule has 5 nitrogen and oxygen atoms in total. The molecule has 0 saturated carbocycles. The Labute approximate surface area is 124 Å². The maximum atomic E-state index is 5.82. The van der Waals surface area contributed by atoms with Crippen LogP contribution < -0.4 is 20.5 Å². The van der Waals surface area contributed by atoms with Crippen molar-refractivity contribution >= 4 is 17.7 Å². The predicted molar refractivity (Wildman–Crippen MR) is 85.9 cm³/mol. The number of nitrogens with zero attached hydrogens (tertiary/aromatic N) is 1. The smallest absolute Gasteiger partial charge is 0.188 e. The molecule has 0 aliphatic heterocycles. The first-order chi connectivity index (χ1) is 9.60. The summed E-state index contributed by atoms with van der Waals surface area (Å²) in [5.74, 6) is 1.86. The van der Waals surface area contributed by atoms with Gasteiger partial charge < -0.3 is 20.5 Å². The molecular weight excluding hydrogens is 274 g/mol.